The summed E-state index contributed by atoms with van der Waals surface area (Å²) in [6, 6.07) is 8.48. The Kier molecular flexibility index (Phi) is 7.44. The highest BCUT2D eigenvalue weighted by atomic mass is 35.5. The fourth-order valence-electron chi connectivity index (χ4n) is 3.32. The molecule has 0 spiro atoms. The molecule has 0 saturated heterocycles. The summed E-state index contributed by atoms with van der Waals surface area (Å²) in [7, 11) is 0. The number of amides is 1. The van der Waals surface area contributed by atoms with Crippen molar-refractivity contribution in [1.82, 2.24) is 25.3 Å². The monoisotopic (exact) mass is 521 g/mol. The maximum Gasteiger partial charge on any atom is 0.387 e. The Hall–Kier alpha value is -4.06. The summed E-state index contributed by atoms with van der Waals surface area (Å²) in [4.78, 5) is 30.5. The zero-order valence-corrected chi connectivity index (χ0v) is 19.1. The molecule has 13 heteroatoms. The number of hydrogen-bond acceptors (Lipinski definition) is 7. The van der Waals surface area contributed by atoms with Crippen LogP contribution in [0.1, 0.15) is 29.0 Å². The van der Waals surface area contributed by atoms with Crippen LogP contribution < -0.4 is 14.8 Å². The average Bonchev–Trinajstić information content (AvgIpc) is 2.82. The minimum Gasteiger partial charge on any atom is -0.435 e. The van der Waals surface area contributed by atoms with Gasteiger partial charge in [0, 0.05) is 29.0 Å². The van der Waals surface area contributed by atoms with Gasteiger partial charge in [0.05, 0.1) is 22.8 Å². The van der Waals surface area contributed by atoms with Crippen molar-refractivity contribution in [2.24, 2.45) is 0 Å². The number of halogens is 5. The number of rotatable bonds is 8. The van der Waals surface area contributed by atoms with E-state index in [1.807, 2.05) is 0 Å². The second kappa shape index (κ2) is 10.7. The van der Waals surface area contributed by atoms with Crippen LogP contribution in [0.3, 0.4) is 0 Å². The first kappa shape index (κ1) is 25.0. The van der Waals surface area contributed by atoms with Gasteiger partial charge in [-0.3, -0.25) is 4.79 Å². The van der Waals surface area contributed by atoms with Gasteiger partial charge >= 0.3 is 13.2 Å². The molecule has 1 N–H and O–H groups in total. The molecular formula is C23H16ClF4N5O3. The Morgan fingerprint density at radius 3 is 2.17 bits per heavy atom. The Morgan fingerprint density at radius 2 is 1.56 bits per heavy atom. The molecule has 2 aromatic heterocycles. The minimum atomic E-state index is -3.24. The smallest absolute Gasteiger partial charge is 0.387 e. The molecule has 0 aliphatic heterocycles. The third kappa shape index (κ3) is 5.95. The van der Waals surface area contributed by atoms with Crippen molar-refractivity contribution in [1.29, 1.82) is 0 Å². The Bertz CT molecular complexity index is 1370. The van der Waals surface area contributed by atoms with Crippen LogP contribution in [0.5, 0.6) is 11.5 Å². The molecule has 1 unspecified atom stereocenters. The summed E-state index contributed by atoms with van der Waals surface area (Å²) < 4.78 is 59.3. The lowest BCUT2D eigenvalue weighted by atomic mass is 10.1. The van der Waals surface area contributed by atoms with E-state index < -0.39 is 36.7 Å². The highest BCUT2D eigenvalue weighted by Gasteiger charge is 2.22. The molecule has 1 atom stereocenters. The van der Waals surface area contributed by atoms with Crippen molar-refractivity contribution < 1.29 is 31.8 Å². The second-order valence-electron chi connectivity index (χ2n) is 7.31. The van der Waals surface area contributed by atoms with E-state index in [9.17, 15) is 22.4 Å². The molecule has 0 aliphatic carbocycles. The van der Waals surface area contributed by atoms with Crippen LogP contribution in [0.4, 0.5) is 17.6 Å². The van der Waals surface area contributed by atoms with Crippen molar-refractivity contribution in [2.75, 3.05) is 0 Å². The van der Waals surface area contributed by atoms with E-state index in [0.717, 1.165) is 18.2 Å². The second-order valence-corrected chi connectivity index (χ2v) is 7.74. The highest BCUT2D eigenvalue weighted by molar-refractivity contribution is 6.31. The van der Waals surface area contributed by atoms with E-state index in [-0.39, 0.29) is 22.8 Å². The van der Waals surface area contributed by atoms with Gasteiger partial charge < -0.3 is 14.8 Å². The van der Waals surface area contributed by atoms with Crippen molar-refractivity contribution in [3.05, 3.63) is 71.1 Å². The van der Waals surface area contributed by atoms with E-state index in [1.165, 1.54) is 12.4 Å². The fraction of sp³-hybridized carbons (Fsp3) is 0.174. The molecule has 0 saturated carbocycles. The molecule has 0 radical (unpaired) electrons. The predicted molar refractivity (Wildman–Crippen MR) is 121 cm³/mol. The lowest BCUT2D eigenvalue weighted by Gasteiger charge is -2.18. The van der Waals surface area contributed by atoms with Crippen LogP contribution in [0.15, 0.2) is 54.9 Å². The molecule has 4 rings (SSSR count). The zero-order chi connectivity index (χ0) is 25.8. The number of aromatic nitrogens is 4. The number of ether oxygens (including phenoxy) is 2. The Labute approximate surface area is 206 Å². The Morgan fingerprint density at radius 1 is 0.917 bits per heavy atom. The number of alkyl halides is 4. The molecule has 4 aromatic rings. The summed E-state index contributed by atoms with van der Waals surface area (Å²) >= 11 is 6.08. The Balaban J connectivity index is 1.70. The van der Waals surface area contributed by atoms with E-state index in [2.05, 4.69) is 34.7 Å². The van der Waals surface area contributed by atoms with Crippen LogP contribution in [-0.4, -0.2) is 39.1 Å². The maximum atomic E-state index is 13.0. The standard InChI is InChI=1S/C23H16ClF4N5O3/c1-11(31-21(34)12-7-14(35-22(25)26)10-15(8-12)36-23(27)28)18-19(20-29-5-2-6-30-20)32-16-4-3-13(24)9-17(16)33-18/h2-11,22-23H,1H3,(H,31,34). The lowest BCUT2D eigenvalue weighted by Crippen LogP contribution is -2.28. The van der Waals surface area contributed by atoms with Crippen LogP contribution in [0.2, 0.25) is 5.02 Å². The van der Waals surface area contributed by atoms with Crippen LogP contribution in [0, 0.1) is 0 Å². The topological polar surface area (TPSA) is 99.1 Å². The largest absolute Gasteiger partial charge is 0.435 e. The normalized spacial score (nSPS) is 12.1. The highest BCUT2D eigenvalue weighted by Crippen LogP contribution is 2.29. The van der Waals surface area contributed by atoms with E-state index in [4.69, 9.17) is 11.6 Å². The van der Waals surface area contributed by atoms with Crippen molar-refractivity contribution in [3.8, 4) is 23.0 Å². The first-order chi connectivity index (χ1) is 17.2. The molecule has 2 heterocycles. The summed E-state index contributed by atoms with van der Waals surface area (Å²) in [6.07, 6.45) is 3.03. The SMILES string of the molecule is CC(NC(=O)c1cc(OC(F)F)cc(OC(F)F)c1)c1nc2cc(Cl)ccc2nc1-c1ncccn1. The summed E-state index contributed by atoms with van der Waals surface area (Å²) in [5.41, 5.74) is 1.26. The van der Waals surface area contributed by atoms with Gasteiger partial charge in [-0.25, -0.2) is 19.9 Å². The average molecular weight is 522 g/mol. The van der Waals surface area contributed by atoms with Crippen molar-refractivity contribution >= 4 is 28.5 Å². The number of nitrogens with one attached hydrogen (secondary N) is 1. The maximum absolute atomic E-state index is 13.0. The van der Waals surface area contributed by atoms with Crippen LogP contribution in [-0.2, 0) is 0 Å². The van der Waals surface area contributed by atoms with Gasteiger partial charge in [0.15, 0.2) is 5.82 Å². The van der Waals surface area contributed by atoms with Crippen molar-refractivity contribution in [2.45, 2.75) is 26.2 Å². The van der Waals surface area contributed by atoms with E-state index in [1.54, 1.807) is 31.2 Å². The van der Waals surface area contributed by atoms with Crippen LogP contribution >= 0.6 is 11.6 Å². The molecule has 0 fully saturated rings. The van der Waals surface area contributed by atoms with Gasteiger partial charge in [0.2, 0.25) is 0 Å². The van der Waals surface area contributed by atoms with Gasteiger partial charge in [0.1, 0.15) is 17.2 Å². The van der Waals surface area contributed by atoms with Gasteiger partial charge in [-0.15, -0.1) is 0 Å². The van der Waals surface area contributed by atoms with E-state index >= 15 is 0 Å². The number of carbonyl (C=O) groups excluding carboxylic acids is 1. The number of nitrogens with zero attached hydrogens (tertiary/aromatic N) is 4. The molecule has 2 aromatic carbocycles. The third-order valence-electron chi connectivity index (χ3n) is 4.78. The van der Waals surface area contributed by atoms with Crippen molar-refractivity contribution in [3.63, 3.8) is 0 Å². The van der Waals surface area contributed by atoms with Gasteiger partial charge in [-0.2, -0.15) is 17.6 Å². The first-order valence-electron chi connectivity index (χ1n) is 10.3. The predicted octanol–water partition coefficient (Wildman–Crippen LogP) is 5.43. The minimum absolute atomic E-state index is 0.248. The van der Waals surface area contributed by atoms with Gasteiger partial charge in [-0.05, 0) is 43.3 Å². The summed E-state index contributed by atoms with van der Waals surface area (Å²) in [5.74, 6) is -1.61. The molecular weight excluding hydrogens is 506 g/mol. The number of fused-ring (bicyclic) bond motifs is 1. The van der Waals surface area contributed by atoms with Gasteiger partial charge in [0.25, 0.3) is 5.91 Å². The quantitative estimate of drug-likeness (QED) is 0.308. The summed E-state index contributed by atoms with van der Waals surface area (Å²) in [5, 5.41) is 3.07. The number of hydrogen-bond donors (Lipinski definition) is 1. The molecule has 36 heavy (non-hydrogen) atoms. The molecule has 186 valence electrons. The molecule has 1 amide bonds. The molecule has 0 bridgehead atoms. The first-order valence-corrected chi connectivity index (χ1v) is 10.7. The lowest BCUT2D eigenvalue weighted by molar-refractivity contribution is -0.0543. The molecule has 0 aliphatic rings. The fourth-order valence-corrected chi connectivity index (χ4v) is 3.49. The molecule has 8 nitrogen and oxygen atoms in total. The third-order valence-corrected chi connectivity index (χ3v) is 5.02. The van der Waals surface area contributed by atoms with Gasteiger partial charge in [-0.1, -0.05) is 11.6 Å². The zero-order valence-electron chi connectivity index (χ0n) is 18.3. The number of carbonyl (C=O) groups is 1. The van der Waals surface area contributed by atoms with Crippen LogP contribution in [0.25, 0.3) is 22.6 Å². The number of benzene rings is 2. The summed E-state index contributed by atoms with van der Waals surface area (Å²) in [6.45, 7) is -4.88. The van der Waals surface area contributed by atoms with E-state index in [0.29, 0.717) is 16.1 Å².